The van der Waals surface area contributed by atoms with E-state index in [1.54, 1.807) is 7.11 Å². The van der Waals surface area contributed by atoms with Crippen molar-refractivity contribution >= 4 is 21.8 Å². The second-order valence-electron chi connectivity index (χ2n) is 4.72. The molecule has 1 unspecified atom stereocenters. The van der Waals surface area contributed by atoms with Crippen molar-refractivity contribution in [3.05, 3.63) is 0 Å². The summed E-state index contributed by atoms with van der Waals surface area (Å²) in [5, 5.41) is 3.91. The summed E-state index contributed by atoms with van der Waals surface area (Å²) in [7, 11) is 1.67. The molecule has 0 heterocycles. The third kappa shape index (κ3) is 11.0. The highest BCUT2D eigenvalue weighted by Crippen LogP contribution is 2.07. The summed E-state index contributed by atoms with van der Waals surface area (Å²) in [6.45, 7) is 2.81. The zero-order valence-corrected chi connectivity index (χ0v) is 13.4. The van der Waals surface area contributed by atoms with E-state index in [1.807, 2.05) is 0 Å². The number of ether oxygens (including phenoxy) is 1. The molecule has 3 nitrogen and oxygen atoms in total. The molecule has 0 bridgehead atoms. The minimum Gasteiger partial charge on any atom is -0.383 e. The van der Waals surface area contributed by atoms with Gasteiger partial charge in [-0.05, 0) is 12.8 Å². The molecule has 0 aliphatic carbocycles. The Balaban J connectivity index is 3.55. The Morgan fingerprint density at radius 2 is 1.89 bits per heavy atom. The number of rotatable bonds is 12. The van der Waals surface area contributed by atoms with Gasteiger partial charge in [0.15, 0.2) is 0 Å². The Morgan fingerprint density at radius 3 is 2.50 bits per heavy atom. The molecule has 1 N–H and O–H groups in total. The van der Waals surface area contributed by atoms with Crippen LogP contribution in [-0.2, 0) is 9.53 Å². The van der Waals surface area contributed by atoms with Crippen molar-refractivity contribution in [2.24, 2.45) is 0 Å². The first-order valence-corrected chi connectivity index (χ1v) is 8.21. The van der Waals surface area contributed by atoms with Crippen molar-refractivity contribution in [2.75, 3.05) is 19.0 Å². The van der Waals surface area contributed by atoms with E-state index >= 15 is 0 Å². The smallest absolute Gasteiger partial charge is 0.220 e. The lowest BCUT2D eigenvalue weighted by molar-refractivity contribution is -0.122. The fourth-order valence-electron chi connectivity index (χ4n) is 1.90. The summed E-state index contributed by atoms with van der Waals surface area (Å²) < 4.78 is 5.09. The number of halogens is 1. The normalized spacial score (nSPS) is 12.4. The van der Waals surface area contributed by atoms with Gasteiger partial charge in [-0.25, -0.2) is 0 Å². The molecule has 18 heavy (non-hydrogen) atoms. The topological polar surface area (TPSA) is 38.3 Å². The molecular weight excluding hydrogens is 294 g/mol. The zero-order valence-electron chi connectivity index (χ0n) is 11.8. The van der Waals surface area contributed by atoms with E-state index in [1.165, 1.54) is 32.1 Å². The predicted octanol–water partition coefficient (Wildman–Crippen LogP) is 3.65. The van der Waals surface area contributed by atoms with Gasteiger partial charge in [0.25, 0.3) is 0 Å². The Bertz CT molecular complexity index is 194. The van der Waals surface area contributed by atoms with Gasteiger partial charge < -0.3 is 10.1 Å². The zero-order chi connectivity index (χ0) is 13.6. The minimum absolute atomic E-state index is 0.141. The highest BCUT2D eigenvalue weighted by atomic mass is 79.9. The molecule has 0 saturated carbocycles. The number of amides is 1. The van der Waals surface area contributed by atoms with Crippen LogP contribution in [0.2, 0.25) is 0 Å². The standard InChI is InChI=1S/C14H28BrNO2/c1-3-4-5-6-7-8-9-14(17)16-13(10-11-15)12-18-2/h13H,3-12H2,1-2H3,(H,16,17). The predicted molar refractivity (Wildman–Crippen MR) is 80.2 cm³/mol. The average molecular weight is 322 g/mol. The molecule has 0 radical (unpaired) electrons. The van der Waals surface area contributed by atoms with Crippen LogP contribution < -0.4 is 5.32 Å². The molecule has 0 saturated heterocycles. The van der Waals surface area contributed by atoms with Crippen LogP contribution >= 0.6 is 15.9 Å². The van der Waals surface area contributed by atoms with E-state index < -0.39 is 0 Å². The van der Waals surface area contributed by atoms with Crippen molar-refractivity contribution in [3.63, 3.8) is 0 Å². The summed E-state index contributed by atoms with van der Waals surface area (Å²) in [5.41, 5.74) is 0. The second kappa shape index (κ2) is 13.3. The fraction of sp³-hybridized carbons (Fsp3) is 0.929. The first kappa shape index (κ1) is 17.9. The molecule has 0 aliphatic rings. The van der Waals surface area contributed by atoms with Crippen LogP contribution in [-0.4, -0.2) is 31.0 Å². The summed E-state index contributed by atoms with van der Waals surface area (Å²) >= 11 is 3.39. The number of alkyl halides is 1. The maximum Gasteiger partial charge on any atom is 0.220 e. The molecule has 0 rings (SSSR count). The van der Waals surface area contributed by atoms with Crippen LogP contribution in [0.25, 0.3) is 0 Å². The van der Waals surface area contributed by atoms with Crippen LogP contribution in [0.5, 0.6) is 0 Å². The lowest BCUT2D eigenvalue weighted by Crippen LogP contribution is -2.38. The largest absolute Gasteiger partial charge is 0.383 e. The summed E-state index contributed by atoms with van der Waals surface area (Å²) in [5.74, 6) is 0.161. The van der Waals surface area contributed by atoms with Crippen LogP contribution in [0.4, 0.5) is 0 Å². The lowest BCUT2D eigenvalue weighted by atomic mass is 10.1. The third-order valence-electron chi connectivity index (χ3n) is 2.95. The Morgan fingerprint density at radius 1 is 1.22 bits per heavy atom. The summed E-state index contributed by atoms with van der Waals surface area (Å²) in [4.78, 5) is 11.7. The number of unbranched alkanes of at least 4 members (excludes halogenated alkanes) is 5. The van der Waals surface area contributed by atoms with Crippen molar-refractivity contribution in [2.45, 2.75) is 64.3 Å². The van der Waals surface area contributed by atoms with E-state index in [0.717, 1.165) is 18.2 Å². The van der Waals surface area contributed by atoms with E-state index in [9.17, 15) is 4.79 Å². The molecule has 0 aromatic carbocycles. The van der Waals surface area contributed by atoms with E-state index in [0.29, 0.717) is 13.0 Å². The molecule has 0 aliphatic heterocycles. The first-order chi connectivity index (χ1) is 8.74. The third-order valence-corrected chi connectivity index (χ3v) is 3.41. The molecule has 1 amide bonds. The monoisotopic (exact) mass is 321 g/mol. The number of methoxy groups -OCH3 is 1. The maximum absolute atomic E-state index is 11.7. The Hall–Kier alpha value is -0.0900. The van der Waals surface area contributed by atoms with Crippen LogP contribution in [0, 0.1) is 0 Å². The van der Waals surface area contributed by atoms with Crippen LogP contribution in [0.15, 0.2) is 0 Å². The van der Waals surface area contributed by atoms with Gasteiger partial charge >= 0.3 is 0 Å². The van der Waals surface area contributed by atoms with Crippen molar-refractivity contribution < 1.29 is 9.53 Å². The summed E-state index contributed by atoms with van der Waals surface area (Å²) in [6.07, 6.45) is 8.87. The number of hydrogen-bond donors (Lipinski definition) is 1. The molecule has 4 heteroatoms. The average Bonchev–Trinajstić information content (AvgIpc) is 2.34. The Kier molecular flexibility index (Phi) is 13.3. The quantitative estimate of drug-likeness (QED) is 0.440. The lowest BCUT2D eigenvalue weighted by Gasteiger charge is -2.16. The molecule has 108 valence electrons. The number of hydrogen-bond acceptors (Lipinski definition) is 2. The van der Waals surface area contributed by atoms with Gasteiger partial charge in [-0.15, -0.1) is 0 Å². The van der Waals surface area contributed by atoms with Gasteiger partial charge in [-0.1, -0.05) is 55.0 Å². The minimum atomic E-state index is 0.141. The molecule has 1 atom stereocenters. The van der Waals surface area contributed by atoms with Gasteiger partial charge in [0.1, 0.15) is 0 Å². The summed E-state index contributed by atoms with van der Waals surface area (Å²) in [6, 6.07) is 0.141. The first-order valence-electron chi connectivity index (χ1n) is 7.08. The van der Waals surface area contributed by atoms with E-state index in [-0.39, 0.29) is 11.9 Å². The van der Waals surface area contributed by atoms with Crippen molar-refractivity contribution in [1.82, 2.24) is 5.32 Å². The number of carbonyl (C=O) groups is 1. The molecule has 0 fully saturated rings. The van der Waals surface area contributed by atoms with Crippen molar-refractivity contribution in [3.8, 4) is 0 Å². The van der Waals surface area contributed by atoms with Gasteiger partial charge in [0, 0.05) is 18.9 Å². The molecule has 0 spiro atoms. The number of carbonyl (C=O) groups excluding carboxylic acids is 1. The van der Waals surface area contributed by atoms with Gasteiger partial charge in [0.2, 0.25) is 5.91 Å². The maximum atomic E-state index is 11.7. The van der Waals surface area contributed by atoms with E-state index in [2.05, 4.69) is 28.2 Å². The van der Waals surface area contributed by atoms with Crippen molar-refractivity contribution in [1.29, 1.82) is 0 Å². The second-order valence-corrected chi connectivity index (χ2v) is 5.51. The SMILES string of the molecule is CCCCCCCCC(=O)NC(CCBr)COC. The highest BCUT2D eigenvalue weighted by molar-refractivity contribution is 9.09. The van der Waals surface area contributed by atoms with Crippen LogP contribution in [0.3, 0.4) is 0 Å². The van der Waals surface area contributed by atoms with E-state index in [4.69, 9.17) is 4.74 Å². The Labute approximate surface area is 120 Å². The van der Waals surface area contributed by atoms with Crippen LogP contribution in [0.1, 0.15) is 58.3 Å². The van der Waals surface area contributed by atoms with Gasteiger partial charge in [0.05, 0.1) is 12.6 Å². The highest BCUT2D eigenvalue weighted by Gasteiger charge is 2.10. The number of nitrogens with one attached hydrogen (secondary N) is 1. The molecule has 0 aromatic heterocycles. The fourth-order valence-corrected chi connectivity index (χ4v) is 2.45. The molecule has 0 aromatic rings. The molecular formula is C14H28BrNO2. The van der Waals surface area contributed by atoms with Gasteiger partial charge in [-0.2, -0.15) is 0 Å². The van der Waals surface area contributed by atoms with Gasteiger partial charge in [-0.3, -0.25) is 4.79 Å².